The van der Waals surface area contributed by atoms with E-state index in [1.54, 1.807) is 0 Å². The lowest BCUT2D eigenvalue weighted by Crippen LogP contribution is -2.37. The van der Waals surface area contributed by atoms with Gasteiger partial charge < -0.3 is 0 Å². The minimum absolute atomic E-state index is 0.672. The first-order chi connectivity index (χ1) is 9.02. The van der Waals surface area contributed by atoms with Crippen molar-refractivity contribution in [3.63, 3.8) is 0 Å². The molecule has 96 valence electrons. The van der Waals surface area contributed by atoms with Gasteiger partial charge in [-0.2, -0.15) is 0 Å². The van der Waals surface area contributed by atoms with Gasteiger partial charge in [0.05, 0.1) is 8.07 Å². The molecule has 0 radical (unpaired) electrons. The third kappa shape index (κ3) is 3.05. The topological polar surface area (TPSA) is 48.8 Å². The van der Waals surface area contributed by atoms with Crippen molar-refractivity contribution in [1.29, 1.82) is 0 Å². The zero-order valence-electron chi connectivity index (χ0n) is 11.5. The van der Waals surface area contributed by atoms with Gasteiger partial charge in [0, 0.05) is 10.6 Å². The Morgan fingerprint density at radius 1 is 0.947 bits per heavy atom. The highest BCUT2D eigenvalue weighted by atomic mass is 28.3. The highest BCUT2D eigenvalue weighted by molar-refractivity contribution is 6.88. The van der Waals surface area contributed by atoms with Crippen LogP contribution in [0.15, 0.2) is 53.6 Å². The Morgan fingerprint density at radius 2 is 1.58 bits per heavy atom. The Morgan fingerprint density at radius 3 is 2.16 bits per heavy atom. The van der Waals surface area contributed by atoms with E-state index in [0.717, 1.165) is 11.1 Å². The lowest BCUT2D eigenvalue weighted by molar-refractivity contribution is 1.47. The fourth-order valence-electron chi connectivity index (χ4n) is 2.00. The molecular formula is C15H17N3Si. The molecule has 0 aromatic heterocycles. The van der Waals surface area contributed by atoms with Crippen molar-refractivity contribution < 1.29 is 0 Å². The fourth-order valence-corrected chi connectivity index (χ4v) is 3.17. The number of hydrogen-bond acceptors (Lipinski definition) is 1. The standard InChI is InChI=1S/C15H17N3Si/c1-19(2,3)13-10-8-12(9-11-13)14-6-4-5-7-15(14)17-18-16/h4-11H,1-3H3. The SMILES string of the molecule is C[Si](C)(C)c1ccc(-c2ccccc2N=[N+]=[N-])cc1. The van der Waals surface area contributed by atoms with Gasteiger partial charge >= 0.3 is 0 Å². The summed E-state index contributed by atoms with van der Waals surface area (Å²) in [5, 5.41) is 5.17. The van der Waals surface area contributed by atoms with Crippen molar-refractivity contribution in [2.24, 2.45) is 5.11 Å². The van der Waals surface area contributed by atoms with Crippen LogP contribution < -0.4 is 5.19 Å². The Hall–Kier alpha value is -2.03. The second kappa shape index (κ2) is 5.30. The minimum atomic E-state index is -1.27. The molecule has 0 spiro atoms. The van der Waals surface area contributed by atoms with Crippen LogP contribution in [-0.4, -0.2) is 8.07 Å². The van der Waals surface area contributed by atoms with Crippen molar-refractivity contribution >= 4 is 18.9 Å². The third-order valence-corrected chi connectivity index (χ3v) is 5.18. The second-order valence-electron chi connectivity index (χ2n) is 5.53. The highest BCUT2D eigenvalue weighted by Gasteiger charge is 2.15. The third-order valence-electron chi connectivity index (χ3n) is 3.12. The molecule has 2 aromatic rings. The smallest absolute Gasteiger partial charge is 0.0656 e. The van der Waals surface area contributed by atoms with Gasteiger partial charge in [-0.3, -0.25) is 0 Å². The maximum absolute atomic E-state index is 8.61. The van der Waals surface area contributed by atoms with Gasteiger partial charge in [-0.25, -0.2) is 0 Å². The summed E-state index contributed by atoms with van der Waals surface area (Å²) in [6.45, 7) is 6.99. The molecule has 2 rings (SSSR count). The molecule has 0 atom stereocenters. The van der Waals surface area contributed by atoms with Gasteiger partial charge in [-0.05, 0) is 16.7 Å². The van der Waals surface area contributed by atoms with Crippen molar-refractivity contribution in [1.82, 2.24) is 0 Å². The van der Waals surface area contributed by atoms with Crippen LogP contribution in [0, 0.1) is 0 Å². The predicted octanol–water partition coefficient (Wildman–Crippen LogP) is 4.84. The number of benzene rings is 2. The number of rotatable bonds is 3. The summed E-state index contributed by atoms with van der Waals surface area (Å²) in [7, 11) is -1.27. The van der Waals surface area contributed by atoms with E-state index < -0.39 is 8.07 Å². The van der Waals surface area contributed by atoms with E-state index in [0.29, 0.717) is 5.69 Å². The Kier molecular flexibility index (Phi) is 3.74. The van der Waals surface area contributed by atoms with Crippen molar-refractivity contribution in [2.75, 3.05) is 0 Å². The van der Waals surface area contributed by atoms with E-state index in [9.17, 15) is 0 Å². The van der Waals surface area contributed by atoms with Crippen LogP contribution in [0.4, 0.5) is 5.69 Å². The predicted molar refractivity (Wildman–Crippen MR) is 83.7 cm³/mol. The van der Waals surface area contributed by atoms with Gasteiger partial charge in [-0.1, -0.05) is 78.5 Å². The van der Waals surface area contributed by atoms with E-state index in [1.807, 2.05) is 24.3 Å². The molecule has 0 bridgehead atoms. The van der Waals surface area contributed by atoms with E-state index >= 15 is 0 Å². The molecule has 3 nitrogen and oxygen atoms in total. The average molecular weight is 267 g/mol. The average Bonchev–Trinajstić information content (AvgIpc) is 2.39. The maximum Gasteiger partial charge on any atom is 0.0775 e. The van der Waals surface area contributed by atoms with Gasteiger partial charge in [0.1, 0.15) is 0 Å². The summed E-state index contributed by atoms with van der Waals surface area (Å²) in [6, 6.07) is 16.2. The van der Waals surface area contributed by atoms with Gasteiger partial charge in [-0.15, -0.1) is 0 Å². The number of azide groups is 1. The molecule has 0 N–H and O–H groups in total. The van der Waals surface area contributed by atoms with Gasteiger partial charge in [0.15, 0.2) is 0 Å². The van der Waals surface area contributed by atoms with Crippen molar-refractivity contribution in [3.05, 3.63) is 59.0 Å². The van der Waals surface area contributed by atoms with Crippen LogP contribution in [0.5, 0.6) is 0 Å². The van der Waals surface area contributed by atoms with Crippen LogP contribution >= 0.6 is 0 Å². The molecule has 0 amide bonds. The van der Waals surface area contributed by atoms with E-state index in [4.69, 9.17) is 5.53 Å². The molecule has 0 fully saturated rings. The first-order valence-corrected chi connectivity index (χ1v) is 9.77. The molecule has 0 aliphatic heterocycles. The van der Waals surface area contributed by atoms with Crippen LogP contribution in [0.3, 0.4) is 0 Å². The first-order valence-electron chi connectivity index (χ1n) is 6.27. The largest absolute Gasteiger partial charge is 0.0775 e. The zero-order chi connectivity index (χ0) is 13.9. The van der Waals surface area contributed by atoms with Crippen LogP contribution in [0.1, 0.15) is 0 Å². The molecule has 19 heavy (non-hydrogen) atoms. The first kappa shape index (κ1) is 13.4. The molecule has 0 aliphatic carbocycles. The summed E-state index contributed by atoms with van der Waals surface area (Å²) in [6.07, 6.45) is 0. The molecule has 0 aliphatic rings. The van der Waals surface area contributed by atoms with Crippen LogP contribution in [-0.2, 0) is 0 Å². The summed E-state index contributed by atoms with van der Waals surface area (Å²) in [4.78, 5) is 2.88. The molecule has 2 aromatic carbocycles. The van der Waals surface area contributed by atoms with Crippen molar-refractivity contribution in [2.45, 2.75) is 19.6 Å². The molecule has 0 heterocycles. The molecule has 4 heteroatoms. The molecular weight excluding hydrogens is 250 g/mol. The Balaban J connectivity index is 2.46. The molecule has 0 unspecified atom stereocenters. The summed E-state index contributed by atoms with van der Waals surface area (Å²) < 4.78 is 0. The van der Waals surface area contributed by atoms with E-state index in [1.165, 1.54) is 5.19 Å². The molecule has 0 saturated heterocycles. The lowest BCUT2D eigenvalue weighted by Gasteiger charge is -2.17. The van der Waals surface area contributed by atoms with Crippen molar-refractivity contribution in [3.8, 4) is 11.1 Å². The summed E-state index contributed by atoms with van der Waals surface area (Å²) in [5.41, 5.74) is 11.3. The number of nitrogens with zero attached hydrogens (tertiary/aromatic N) is 3. The summed E-state index contributed by atoms with van der Waals surface area (Å²) in [5.74, 6) is 0. The van der Waals surface area contributed by atoms with Gasteiger partial charge in [0.25, 0.3) is 0 Å². The Bertz CT molecular complexity index is 621. The highest BCUT2D eigenvalue weighted by Crippen LogP contribution is 2.29. The van der Waals surface area contributed by atoms with Crippen LogP contribution in [0.25, 0.3) is 21.6 Å². The normalized spacial score (nSPS) is 10.9. The zero-order valence-corrected chi connectivity index (χ0v) is 12.5. The fraction of sp³-hybridized carbons (Fsp3) is 0.200. The van der Waals surface area contributed by atoms with Crippen LogP contribution in [0.2, 0.25) is 19.6 Å². The monoisotopic (exact) mass is 267 g/mol. The minimum Gasteiger partial charge on any atom is -0.0656 e. The van der Waals surface area contributed by atoms with E-state index in [2.05, 4.69) is 53.9 Å². The quantitative estimate of drug-likeness (QED) is 0.331. The second-order valence-corrected chi connectivity index (χ2v) is 10.6. The Labute approximate surface area is 114 Å². The maximum atomic E-state index is 8.61. The van der Waals surface area contributed by atoms with Gasteiger partial charge in [0.2, 0.25) is 0 Å². The lowest BCUT2D eigenvalue weighted by atomic mass is 10.0. The molecule has 0 saturated carbocycles. The number of hydrogen-bond donors (Lipinski definition) is 0. The summed E-state index contributed by atoms with van der Waals surface area (Å²) >= 11 is 0. The van der Waals surface area contributed by atoms with E-state index in [-0.39, 0.29) is 0 Å².